The average molecular weight is 474 g/mol. The first-order chi connectivity index (χ1) is 16.2. The molecule has 0 saturated carbocycles. The standard InChI is InChI=1S/C26H23N3O4S/c1-4-17-8-5-6-11-22(17)28-15(2)12-19(16(28)3)14-21-23(30)27-26(34)29(24(21)31)20-10-7-9-18(13-20)25(32)33/h5-14H,4H2,1-3H3,(H,32,33)(H,27,30,34). The summed E-state index contributed by atoms with van der Waals surface area (Å²) >= 11 is 5.23. The zero-order chi connectivity index (χ0) is 24.6. The van der Waals surface area contributed by atoms with Crippen molar-refractivity contribution in [2.75, 3.05) is 4.90 Å². The number of aryl methyl sites for hydroxylation is 2. The largest absolute Gasteiger partial charge is 0.478 e. The Morgan fingerprint density at radius 1 is 1.09 bits per heavy atom. The van der Waals surface area contributed by atoms with Crippen LogP contribution in [0.15, 0.2) is 60.2 Å². The van der Waals surface area contributed by atoms with Crippen molar-refractivity contribution in [2.45, 2.75) is 27.2 Å². The zero-order valence-electron chi connectivity index (χ0n) is 19.0. The summed E-state index contributed by atoms with van der Waals surface area (Å²) in [6.45, 7) is 6.01. The van der Waals surface area contributed by atoms with E-state index in [1.165, 1.54) is 23.8 Å². The van der Waals surface area contributed by atoms with Crippen molar-refractivity contribution in [2.24, 2.45) is 0 Å². The van der Waals surface area contributed by atoms with Crippen molar-refractivity contribution in [3.05, 3.63) is 88.2 Å². The van der Waals surface area contributed by atoms with E-state index in [-0.39, 0.29) is 21.9 Å². The van der Waals surface area contributed by atoms with E-state index in [0.29, 0.717) is 0 Å². The van der Waals surface area contributed by atoms with Crippen LogP contribution >= 0.6 is 12.2 Å². The number of aromatic carboxylic acids is 1. The van der Waals surface area contributed by atoms with Crippen molar-refractivity contribution in [1.29, 1.82) is 0 Å². The van der Waals surface area contributed by atoms with Gasteiger partial charge < -0.3 is 9.67 Å². The minimum Gasteiger partial charge on any atom is -0.478 e. The molecule has 8 heteroatoms. The summed E-state index contributed by atoms with van der Waals surface area (Å²) in [7, 11) is 0. The Kier molecular flexibility index (Phi) is 6.17. The topological polar surface area (TPSA) is 91.6 Å². The molecule has 1 aliphatic rings. The number of rotatable bonds is 5. The smallest absolute Gasteiger partial charge is 0.335 e. The molecule has 2 heterocycles. The molecular weight excluding hydrogens is 450 g/mol. The fourth-order valence-electron chi connectivity index (χ4n) is 4.16. The molecule has 1 fully saturated rings. The Bertz CT molecular complexity index is 1390. The van der Waals surface area contributed by atoms with Gasteiger partial charge in [-0.1, -0.05) is 31.2 Å². The molecule has 2 aromatic carbocycles. The molecule has 0 radical (unpaired) electrons. The highest BCUT2D eigenvalue weighted by Gasteiger charge is 2.35. The number of hydrogen-bond donors (Lipinski definition) is 2. The van der Waals surface area contributed by atoms with Crippen molar-refractivity contribution < 1.29 is 19.5 Å². The number of carboxylic acids is 1. The van der Waals surface area contributed by atoms with Crippen LogP contribution in [0.2, 0.25) is 0 Å². The van der Waals surface area contributed by atoms with E-state index in [1.54, 1.807) is 12.1 Å². The van der Waals surface area contributed by atoms with Gasteiger partial charge in [0.1, 0.15) is 5.57 Å². The number of carbonyl (C=O) groups is 3. The molecule has 34 heavy (non-hydrogen) atoms. The van der Waals surface area contributed by atoms with Crippen LogP contribution in [0.25, 0.3) is 11.8 Å². The van der Waals surface area contributed by atoms with Gasteiger partial charge in [0.25, 0.3) is 11.8 Å². The van der Waals surface area contributed by atoms with Crippen LogP contribution in [0.3, 0.4) is 0 Å². The van der Waals surface area contributed by atoms with Gasteiger partial charge in [-0.05, 0) is 80.0 Å². The summed E-state index contributed by atoms with van der Waals surface area (Å²) in [6, 6.07) is 15.9. The Morgan fingerprint density at radius 3 is 2.53 bits per heavy atom. The molecule has 2 N–H and O–H groups in total. The van der Waals surface area contributed by atoms with Gasteiger partial charge in [0.05, 0.1) is 11.3 Å². The van der Waals surface area contributed by atoms with E-state index in [1.807, 2.05) is 38.1 Å². The lowest BCUT2D eigenvalue weighted by Gasteiger charge is -2.29. The second-order valence-corrected chi connectivity index (χ2v) is 8.34. The molecule has 2 amide bonds. The second-order valence-electron chi connectivity index (χ2n) is 7.96. The number of carboxylic acid groups (broad SMARTS) is 1. The van der Waals surface area contributed by atoms with E-state index < -0.39 is 17.8 Å². The fourth-order valence-corrected chi connectivity index (χ4v) is 4.44. The third kappa shape index (κ3) is 4.04. The summed E-state index contributed by atoms with van der Waals surface area (Å²) in [5.41, 5.74) is 5.01. The van der Waals surface area contributed by atoms with Crippen molar-refractivity contribution in [3.63, 3.8) is 0 Å². The van der Waals surface area contributed by atoms with Crippen LogP contribution in [0, 0.1) is 13.8 Å². The Morgan fingerprint density at radius 2 is 1.82 bits per heavy atom. The predicted octanol–water partition coefficient (Wildman–Crippen LogP) is 4.19. The third-order valence-electron chi connectivity index (χ3n) is 5.84. The van der Waals surface area contributed by atoms with Gasteiger partial charge in [0, 0.05) is 17.1 Å². The average Bonchev–Trinajstić information content (AvgIpc) is 3.09. The number of hydrogen-bond acceptors (Lipinski definition) is 4. The summed E-state index contributed by atoms with van der Waals surface area (Å²) in [6.07, 6.45) is 2.42. The quantitative estimate of drug-likeness (QED) is 0.329. The molecule has 3 aromatic rings. The van der Waals surface area contributed by atoms with Gasteiger partial charge in [-0.15, -0.1) is 0 Å². The highest BCUT2D eigenvalue weighted by atomic mass is 32.1. The molecule has 4 rings (SSSR count). The van der Waals surface area contributed by atoms with Crippen LogP contribution in [0.4, 0.5) is 5.69 Å². The normalized spacial score (nSPS) is 15.1. The highest BCUT2D eigenvalue weighted by Crippen LogP contribution is 2.28. The van der Waals surface area contributed by atoms with Crippen molar-refractivity contribution in [3.8, 4) is 5.69 Å². The van der Waals surface area contributed by atoms with Crippen LogP contribution in [-0.4, -0.2) is 32.6 Å². The molecular formula is C26H23N3O4S. The molecule has 1 saturated heterocycles. The van der Waals surface area contributed by atoms with Crippen molar-refractivity contribution >= 4 is 46.9 Å². The lowest BCUT2D eigenvalue weighted by Crippen LogP contribution is -2.54. The Balaban J connectivity index is 1.78. The number of benzene rings is 2. The lowest BCUT2D eigenvalue weighted by molar-refractivity contribution is -0.122. The maximum atomic E-state index is 13.4. The summed E-state index contributed by atoms with van der Waals surface area (Å²) < 4.78 is 2.11. The van der Waals surface area contributed by atoms with Crippen LogP contribution in [0.5, 0.6) is 0 Å². The molecule has 0 spiro atoms. The molecule has 0 aliphatic carbocycles. The number of carbonyl (C=O) groups excluding carboxylic acids is 2. The maximum Gasteiger partial charge on any atom is 0.335 e. The van der Waals surface area contributed by atoms with Crippen LogP contribution in [-0.2, 0) is 16.0 Å². The molecule has 1 aromatic heterocycles. The number of nitrogens with one attached hydrogen (secondary N) is 1. The SMILES string of the molecule is CCc1ccccc1-n1c(C)cc(C=C2C(=O)NC(=S)N(c3cccc(C(=O)O)c3)C2=O)c1C. The number of amides is 2. The van der Waals surface area contributed by atoms with E-state index in [0.717, 1.165) is 34.0 Å². The maximum absolute atomic E-state index is 13.4. The zero-order valence-corrected chi connectivity index (χ0v) is 19.8. The number of anilines is 1. The highest BCUT2D eigenvalue weighted by molar-refractivity contribution is 7.80. The van der Waals surface area contributed by atoms with E-state index >= 15 is 0 Å². The first kappa shape index (κ1) is 23.1. The molecule has 7 nitrogen and oxygen atoms in total. The summed E-state index contributed by atoms with van der Waals surface area (Å²) in [5.74, 6) is -2.34. The van der Waals surface area contributed by atoms with Gasteiger partial charge in [0.15, 0.2) is 5.11 Å². The van der Waals surface area contributed by atoms with E-state index in [9.17, 15) is 19.5 Å². The minimum atomic E-state index is -1.13. The van der Waals surface area contributed by atoms with Crippen LogP contribution < -0.4 is 10.2 Å². The number of thiocarbonyl (C=S) groups is 1. The first-order valence-electron chi connectivity index (χ1n) is 10.7. The second kappa shape index (κ2) is 9.07. The Hall–Kier alpha value is -4.04. The third-order valence-corrected chi connectivity index (χ3v) is 6.12. The summed E-state index contributed by atoms with van der Waals surface area (Å²) in [4.78, 5) is 38.6. The Labute approximate surface area is 202 Å². The molecule has 0 unspecified atom stereocenters. The van der Waals surface area contributed by atoms with Gasteiger partial charge in [0.2, 0.25) is 0 Å². The number of nitrogens with zero attached hydrogens (tertiary/aromatic N) is 2. The molecule has 172 valence electrons. The molecule has 0 bridgehead atoms. The van der Waals surface area contributed by atoms with Gasteiger partial charge in [-0.3, -0.25) is 19.8 Å². The number of para-hydroxylation sites is 1. The minimum absolute atomic E-state index is 0.00802. The monoisotopic (exact) mass is 473 g/mol. The van der Waals surface area contributed by atoms with E-state index in [4.69, 9.17) is 12.2 Å². The van der Waals surface area contributed by atoms with Crippen molar-refractivity contribution in [1.82, 2.24) is 9.88 Å². The van der Waals surface area contributed by atoms with E-state index in [2.05, 4.69) is 22.9 Å². The summed E-state index contributed by atoms with van der Waals surface area (Å²) in [5, 5.41) is 11.7. The lowest BCUT2D eigenvalue weighted by atomic mass is 10.1. The number of aromatic nitrogens is 1. The first-order valence-corrected chi connectivity index (χ1v) is 11.2. The molecule has 1 aliphatic heterocycles. The fraction of sp³-hybridized carbons (Fsp3) is 0.154. The predicted molar refractivity (Wildman–Crippen MR) is 134 cm³/mol. The van der Waals surface area contributed by atoms with Gasteiger partial charge in [-0.2, -0.15) is 0 Å². The van der Waals surface area contributed by atoms with Gasteiger partial charge >= 0.3 is 5.97 Å². The van der Waals surface area contributed by atoms with Gasteiger partial charge in [-0.25, -0.2) is 4.79 Å². The molecule has 0 atom stereocenters. The van der Waals surface area contributed by atoms with Crippen LogP contribution in [0.1, 0.15) is 39.8 Å².